The first-order chi connectivity index (χ1) is 12.4. The number of hydrogen-bond acceptors (Lipinski definition) is 1. The van der Waals surface area contributed by atoms with Gasteiger partial charge in [-0.15, -0.1) is 0 Å². The summed E-state index contributed by atoms with van der Waals surface area (Å²) in [4.78, 5) is 0. The molecule has 0 aliphatic carbocycles. The third-order valence-corrected chi connectivity index (χ3v) is 4.30. The minimum Gasteiger partial charge on any atom is -0.473 e. The molecule has 1 heteroatoms. The van der Waals surface area contributed by atoms with Crippen molar-refractivity contribution in [2.75, 3.05) is 0 Å². The minimum atomic E-state index is 1.15. The van der Waals surface area contributed by atoms with Crippen molar-refractivity contribution in [1.82, 2.24) is 0 Å². The maximum atomic E-state index is 5.58. The molecule has 0 aromatic heterocycles. The monoisotopic (exact) mass is 322 g/mol. The van der Waals surface area contributed by atoms with E-state index in [0.29, 0.717) is 0 Å². The lowest BCUT2D eigenvalue weighted by Crippen LogP contribution is -1.79. The Morgan fingerprint density at radius 2 is 0.920 bits per heavy atom. The zero-order valence-corrected chi connectivity index (χ0v) is 13.8. The molecule has 0 atom stereocenters. The SMILES string of the molecule is C(=C\c1cccc2ccccc12)/O/C=C/c1cccc2ccccc12. The van der Waals surface area contributed by atoms with Gasteiger partial charge in [-0.3, -0.25) is 0 Å². The summed E-state index contributed by atoms with van der Waals surface area (Å²) in [6.07, 6.45) is 7.44. The van der Waals surface area contributed by atoms with Crippen LogP contribution in [0.2, 0.25) is 0 Å². The van der Waals surface area contributed by atoms with E-state index < -0.39 is 0 Å². The highest BCUT2D eigenvalue weighted by molar-refractivity contribution is 5.91. The summed E-state index contributed by atoms with van der Waals surface area (Å²) in [7, 11) is 0. The van der Waals surface area contributed by atoms with Crippen molar-refractivity contribution in [2.24, 2.45) is 0 Å². The first-order valence-corrected chi connectivity index (χ1v) is 8.36. The van der Waals surface area contributed by atoms with Crippen LogP contribution in [-0.2, 0) is 4.74 Å². The van der Waals surface area contributed by atoms with Gasteiger partial charge in [0.05, 0.1) is 12.5 Å². The molecule has 1 nitrogen and oxygen atoms in total. The Morgan fingerprint density at radius 1 is 0.480 bits per heavy atom. The Balaban J connectivity index is 1.51. The molecule has 4 rings (SSSR count). The lowest BCUT2D eigenvalue weighted by atomic mass is 10.0. The molecule has 0 aliphatic rings. The molecule has 0 saturated heterocycles. The van der Waals surface area contributed by atoms with Crippen molar-refractivity contribution >= 4 is 33.7 Å². The van der Waals surface area contributed by atoms with Crippen LogP contribution >= 0.6 is 0 Å². The molecule has 0 radical (unpaired) electrons. The summed E-state index contributed by atoms with van der Waals surface area (Å²) in [5, 5.41) is 4.91. The van der Waals surface area contributed by atoms with Crippen LogP contribution in [0.25, 0.3) is 33.7 Å². The zero-order valence-electron chi connectivity index (χ0n) is 13.8. The molecular formula is C24H18O. The molecule has 0 aliphatic heterocycles. The van der Waals surface area contributed by atoms with E-state index in [1.807, 2.05) is 12.2 Å². The van der Waals surface area contributed by atoms with Crippen LogP contribution in [0.3, 0.4) is 0 Å². The van der Waals surface area contributed by atoms with Crippen LogP contribution in [0.5, 0.6) is 0 Å². The minimum absolute atomic E-state index is 1.15. The number of ether oxygens (including phenoxy) is 1. The summed E-state index contributed by atoms with van der Waals surface area (Å²) in [6, 6.07) is 29.3. The summed E-state index contributed by atoms with van der Waals surface area (Å²) in [6.45, 7) is 0. The zero-order chi connectivity index (χ0) is 16.9. The van der Waals surface area contributed by atoms with Gasteiger partial charge in [0.15, 0.2) is 0 Å². The molecule has 0 bridgehead atoms. The van der Waals surface area contributed by atoms with Gasteiger partial charge in [-0.05, 0) is 44.8 Å². The average Bonchev–Trinajstić information content (AvgIpc) is 2.68. The molecule has 0 saturated carbocycles. The summed E-state index contributed by atoms with van der Waals surface area (Å²) < 4.78 is 5.58. The van der Waals surface area contributed by atoms with Crippen molar-refractivity contribution in [3.8, 4) is 0 Å². The molecule has 0 N–H and O–H groups in total. The second kappa shape index (κ2) is 7.06. The molecule has 0 amide bonds. The molecule has 25 heavy (non-hydrogen) atoms. The van der Waals surface area contributed by atoms with Gasteiger partial charge in [0.2, 0.25) is 0 Å². The van der Waals surface area contributed by atoms with E-state index in [-0.39, 0.29) is 0 Å². The second-order valence-corrected chi connectivity index (χ2v) is 5.88. The fraction of sp³-hybridized carbons (Fsp3) is 0. The molecule has 4 aromatic rings. The van der Waals surface area contributed by atoms with Gasteiger partial charge in [0.1, 0.15) is 0 Å². The van der Waals surface area contributed by atoms with Gasteiger partial charge in [-0.1, -0.05) is 84.9 Å². The highest BCUT2D eigenvalue weighted by Gasteiger charge is 1.97. The Bertz CT molecular complexity index is 976. The average molecular weight is 322 g/mol. The van der Waals surface area contributed by atoms with E-state index in [9.17, 15) is 0 Å². The van der Waals surface area contributed by atoms with Crippen molar-refractivity contribution in [3.05, 3.63) is 109 Å². The Morgan fingerprint density at radius 3 is 1.44 bits per heavy atom. The predicted octanol–water partition coefficient (Wildman–Crippen LogP) is 6.65. The predicted molar refractivity (Wildman–Crippen MR) is 107 cm³/mol. The molecule has 4 aromatic carbocycles. The fourth-order valence-electron chi connectivity index (χ4n) is 3.06. The first kappa shape index (κ1) is 15.2. The topological polar surface area (TPSA) is 9.23 Å². The standard InChI is InChI=1S/C24H18O/c1-3-13-23-19(7-1)9-5-11-21(23)15-17-25-18-16-22-12-6-10-20-8-2-4-14-24(20)22/h1-18H/b17-15+,18-16+. The van der Waals surface area contributed by atoms with Crippen LogP contribution in [-0.4, -0.2) is 0 Å². The van der Waals surface area contributed by atoms with Crippen molar-refractivity contribution in [2.45, 2.75) is 0 Å². The Labute approximate surface area is 147 Å². The molecule has 0 heterocycles. The maximum Gasteiger partial charge on any atom is 0.0907 e. The van der Waals surface area contributed by atoms with Crippen LogP contribution in [0.1, 0.15) is 11.1 Å². The largest absolute Gasteiger partial charge is 0.473 e. The van der Waals surface area contributed by atoms with E-state index in [0.717, 1.165) is 11.1 Å². The maximum absolute atomic E-state index is 5.58. The third kappa shape index (κ3) is 3.31. The quantitative estimate of drug-likeness (QED) is 0.382. The van der Waals surface area contributed by atoms with Crippen molar-refractivity contribution in [1.29, 1.82) is 0 Å². The van der Waals surface area contributed by atoms with Gasteiger partial charge in [0, 0.05) is 0 Å². The number of benzene rings is 4. The first-order valence-electron chi connectivity index (χ1n) is 8.36. The highest BCUT2D eigenvalue weighted by Crippen LogP contribution is 2.21. The Hall–Kier alpha value is -3.32. The van der Waals surface area contributed by atoms with Crippen LogP contribution in [0.15, 0.2) is 97.5 Å². The summed E-state index contributed by atoms with van der Waals surface area (Å²) in [5.41, 5.74) is 2.30. The van der Waals surface area contributed by atoms with E-state index in [2.05, 4.69) is 84.9 Å². The van der Waals surface area contributed by atoms with E-state index in [1.165, 1.54) is 21.5 Å². The van der Waals surface area contributed by atoms with Gasteiger partial charge < -0.3 is 4.74 Å². The molecule has 0 spiro atoms. The lowest BCUT2D eigenvalue weighted by Gasteiger charge is -2.02. The highest BCUT2D eigenvalue weighted by atomic mass is 16.5. The van der Waals surface area contributed by atoms with Crippen molar-refractivity contribution < 1.29 is 4.74 Å². The number of hydrogen-bond donors (Lipinski definition) is 0. The molecule has 0 unspecified atom stereocenters. The lowest BCUT2D eigenvalue weighted by molar-refractivity contribution is 0.410. The molecular weight excluding hydrogens is 304 g/mol. The second-order valence-electron chi connectivity index (χ2n) is 5.88. The van der Waals surface area contributed by atoms with Gasteiger partial charge in [-0.25, -0.2) is 0 Å². The Kier molecular flexibility index (Phi) is 4.30. The van der Waals surface area contributed by atoms with E-state index in [1.54, 1.807) is 12.5 Å². The van der Waals surface area contributed by atoms with Crippen LogP contribution in [0, 0.1) is 0 Å². The molecule has 120 valence electrons. The number of rotatable bonds is 4. The smallest absolute Gasteiger partial charge is 0.0907 e. The van der Waals surface area contributed by atoms with Gasteiger partial charge >= 0.3 is 0 Å². The van der Waals surface area contributed by atoms with Crippen molar-refractivity contribution in [3.63, 3.8) is 0 Å². The third-order valence-electron chi connectivity index (χ3n) is 4.30. The summed E-state index contributed by atoms with van der Waals surface area (Å²) in [5.74, 6) is 0. The normalized spacial score (nSPS) is 11.7. The van der Waals surface area contributed by atoms with Gasteiger partial charge in [-0.2, -0.15) is 0 Å². The van der Waals surface area contributed by atoms with Crippen LogP contribution in [0.4, 0.5) is 0 Å². The van der Waals surface area contributed by atoms with E-state index >= 15 is 0 Å². The fourth-order valence-corrected chi connectivity index (χ4v) is 3.06. The van der Waals surface area contributed by atoms with Gasteiger partial charge in [0.25, 0.3) is 0 Å². The van der Waals surface area contributed by atoms with E-state index in [4.69, 9.17) is 4.74 Å². The molecule has 0 fully saturated rings. The summed E-state index contributed by atoms with van der Waals surface area (Å²) >= 11 is 0. The van der Waals surface area contributed by atoms with Crippen LogP contribution < -0.4 is 0 Å². The number of fused-ring (bicyclic) bond motifs is 2.